The quantitative estimate of drug-likeness (QED) is 0.640. The van der Waals surface area contributed by atoms with E-state index in [9.17, 15) is 0 Å². The van der Waals surface area contributed by atoms with Crippen LogP contribution >= 0.6 is 0 Å². The van der Waals surface area contributed by atoms with E-state index in [2.05, 4.69) is 49.1 Å². The van der Waals surface area contributed by atoms with Gasteiger partial charge in [-0.15, -0.1) is 0 Å². The summed E-state index contributed by atoms with van der Waals surface area (Å²) in [5, 5.41) is 12.2. The van der Waals surface area contributed by atoms with Crippen molar-refractivity contribution in [1.82, 2.24) is 15.1 Å². The van der Waals surface area contributed by atoms with Crippen LogP contribution < -0.4 is 5.32 Å². The molecule has 0 heterocycles. The molecule has 0 rings (SSSR count). The van der Waals surface area contributed by atoms with Crippen LogP contribution in [0.25, 0.3) is 0 Å². The molecule has 1 unspecified atom stereocenters. The van der Waals surface area contributed by atoms with Gasteiger partial charge in [0.15, 0.2) is 0 Å². The Balaban J connectivity index is 4.10. The molecule has 0 radical (unpaired) electrons. The van der Waals surface area contributed by atoms with Crippen LogP contribution in [-0.2, 0) is 0 Å². The SMILES string of the molecule is CCNC(C#N)CCN(CCN(C)C)CC(C)C. The Kier molecular flexibility index (Phi) is 9.95. The minimum atomic E-state index is -0.0102. The largest absolute Gasteiger partial charge is 0.308 e. The molecule has 0 aromatic rings. The zero-order valence-corrected chi connectivity index (χ0v) is 12.7. The molecule has 0 aromatic carbocycles. The first-order valence-corrected chi connectivity index (χ1v) is 6.99. The number of hydrogen-bond donors (Lipinski definition) is 1. The highest BCUT2D eigenvalue weighted by atomic mass is 15.2. The minimum absolute atomic E-state index is 0.0102. The van der Waals surface area contributed by atoms with E-state index in [4.69, 9.17) is 5.26 Å². The average molecular weight is 254 g/mol. The zero-order valence-electron chi connectivity index (χ0n) is 12.7. The average Bonchev–Trinajstić information content (AvgIpc) is 2.30. The summed E-state index contributed by atoms with van der Waals surface area (Å²) in [6, 6.07) is 2.32. The van der Waals surface area contributed by atoms with Gasteiger partial charge in [0.2, 0.25) is 0 Å². The van der Waals surface area contributed by atoms with Gasteiger partial charge in [-0.3, -0.25) is 0 Å². The highest BCUT2D eigenvalue weighted by molar-refractivity contribution is 4.89. The lowest BCUT2D eigenvalue weighted by molar-refractivity contribution is 0.213. The first kappa shape index (κ1) is 17.4. The van der Waals surface area contributed by atoms with Crippen LogP contribution in [0.1, 0.15) is 27.2 Å². The van der Waals surface area contributed by atoms with Gasteiger partial charge < -0.3 is 15.1 Å². The van der Waals surface area contributed by atoms with E-state index in [-0.39, 0.29) is 6.04 Å². The topological polar surface area (TPSA) is 42.3 Å². The van der Waals surface area contributed by atoms with E-state index in [1.54, 1.807) is 0 Å². The van der Waals surface area contributed by atoms with E-state index in [0.717, 1.165) is 39.1 Å². The molecule has 0 aliphatic heterocycles. The molecule has 1 atom stereocenters. The fraction of sp³-hybridized carbons (Fsp3) is 0.929. The van der Waals surface area contributed by atoms with E-state index in [0.29, 0.717) is 5.92 Å². The summed E-state index contributed by atoms with van der Waals surface area (Å²) in [7, 11) is 4.20. The lowest BCUT2D eigenvalue weighted by Gasteiger charge is -2.26. The summed E-state index contributed by atoms with van der Waals surface area (Å²) < 4.78 is 0. The molecule has 1 N–H and O–H groups in total. The predicted octanol–water partition coefficient (Wildman–Crippen LogP) is 1.40. The van der Waals surface area contributed by atoms with Crippen LogP contribution in [-0.4, -0.2) is 62.7 Å². The van der Waals surface area contributed by atoms with Crippen LogP contribution in [0, 0.1) is 17.2 Å². The predicted molar refractivity (Wildman–Crippen MR) is 77.5 cm³/mol. The zero-order chi connectivity index (χ0) is 14.0. The monoisotopic (exact) mass is 254 g/mol. The summed E-state index contributed by atoms with van der Waals surface area (Å²) >= 11 is 0. The molecule has 0 bridgehead atoms. The molecule has 4 nitrogen and oxygen atoms in total. The normalized spacial score (nSPS) is 13.3. The van der Waals surface area contributed by atoms with Gasteiger partial charge in [0.25, 0.3) is 0 Å². The molecule has 0 saturated carbocycles. The fourth-order valence-electron chi connectivity index (χ4n) is 1.92. The number of nitrogens with one attached hydrogen (secondary N) is 1. The Hall–Kier alpha value is -0.630. The highest BCUT2D eigenvalue weighted by Gasteiger charge is 2.11. The third-order valence-electron chi connectivity index (χ3n) is 2.83. The summed E-state index contributed by atoms with van der Waals surface area (Å²) in [6.07, 6.45) is 0.907. The number of hydrogen-bond acceptors (Lipinski definition) is 4. The van der Waals surface area contributed by atoms with Gasteiger partial charge in [0.1, 0.15) is 0 Å². The minimum Gasteiger partial charge on any atom is -0.308 e. The summed E-state index contributed by atoms with van der Waals surface area (Å²) in [6.45, 7) is 11.7. The molecule has 106 valence electrons. The van der Waals surface area contributed by atoms with Crippen molar-refractivity contribution in [2.75, 3.05) is 46.8 Å². The molecule has 0 fully saturated rings. The summed E-state index contributed by atoms with van der Waals surface area (Å²) in [5.74, 6) is 0.673. The van der Waals surface area contributed by atoms with Crippen molar-refractivity contribution in [3.05, 3.63) is 0 Å². The fourth-order valence-corrected chi connectivity index (χ4v) is 1.92. The maximum absolute atomic E-state index is 9.03. The summed E-state index contributed by atoms with van der Waals surface area (Å²) in [5.41, 5.74) is 0. The Bertz CT molecular complexity index is 232. The number of nitriles is 1. The molecule has 0 amide bonds. The van der Waals surface area contributed by atoms with Crippen molar-refractivity contribution < 1.29 is 0 Å². The van der Waals surface area contributed by atoms with E-state index >= 15 is 0 Å². The van der Waals surface area contributed by atoms with Crippen molar-refractivity contribution >= 4 is 0 Å². The van der Waals surface area contributed by atoms with Crippen molar-refractivity contribution in [2.45, 2.75) is 33.2 Å². The van der Waals surface area contributed by atoms with Crippen molar-refractivity contribution in [3.8, 4) is 6.07 Å². The summed E-state index contributed by atoms with van der Waals surface area (Å²) in [4.78, 5) is 4.67. The van der Waals surface area contributed by atoms with E-state index in [1.807, 2.05) is 6.92 Å². The van der Waals surface area contributed by atoms with Crippen molar-refractivity contribution in [3.63, 3.8) is 0 Å². The lowest BCUT2D eigenvalue weighted by atomic mass is 10.1. The van der Waals surface area contributed by atoms with Crippen LogP contribution in [0.3, 0.4) is 0 Å². The maximum atomic E-state index is 9.03. The molecule has 4 heteroatoms. The maximum Gasteiger partial charge on any atom is 0.0965 e. The molecule has 0 spiro atoms. The van der Waals surface area contributed by atoms with E-state index < -0.39 is 0 Å². The standard InChI is InChI=1S/C14H30N4/c1-6-16-14(11-15)7-8-18(12-13(2)3)10-9-17(4)5/h13-14,16H,6-10,12H2,1-5H3. The molecule has 0 aliphatic rings. The van der Waals surface area contributed by atoms with E-state index in [1.165, 1.54) is 0 Å². The number of rotatable bonds is 10. The Morgan fingerprint density at radius 3 is 2.28 bits per heavy atom. The second-order valence-electron chi connectivity index (χ2n) is 5.53. The molecule has 0 aliphatic carbocycles. The van der Waals surface area contributed by atoms with Gasteiger partial charge in [-0.2, -0.15) is 5.26 Å². The van der Waals surface area contributed by atoms with Gasteiger partial charge in [-0.05, 0) is 33.0 Å². The van der Waals surface area contributed by atoms with Gasteiger partial charge in [0.05, 0.1) is 12.1 Å². The molecule has 18 heavy (non-hydrogen) atoms. The van der Waals surface area contributed by atoms with Gasteiger partial charge in [-0.1, -0.05) is 20.8 Å². The third kappa shape index (κ3) is 9.41. The number of likely N-dealkylation sites (N-methyl/N-ethyl adjacent to an activating group) is 1. The first-order valence-electron chi connectivity index (χ1n) is 6.99. The van der Waals surface area contributed by atoms with Gasteiger partial charge in [-0.25, -0.2) is 0 Å². The Labute approximate surface area is 113 Å². The molecule has 0 saturated heterocycles. The Morgan fingerprint density at radius 1 is 1.17 bits per heavy atom. The third-order valence-corrected chi connectivity index (χ3v) is 2.83. The van der Waals surface area contributed by atoms with Crippen LogP contribution in [0.2, 0.25) is 0 Å². The molecular weight excluding hydrogens is 224 g/mol. The van der Waals surface area contributed by atoms with Gasteiger partial charge >= 0.3 is 0 Å². The second kappa shape index (κ2) is 10.3. The number of nitrogens with zero attached hydrogens (tertiary/aromatic N) is 3. The van der Waals surface area contributed by atoms with Gasteiger partial charge in [0, 0.05) is 26.2 Å². The second-order valence-corrected chi connectivity index (χ2v) is 5.53. The smallest absolute Gasteiger partial charge is 0.0965 e. The lowest BCUT2D eigenvalue weighted by Crippen LogP contribution is -2.38. The van der Waals surface area contributed by atoms with Crippen LogP contribution in [0.15, 0.2) is 0 Å². The van der Waals surface area contributed by atoms with Crippen molar-refractivity contribution in [1.29, 1.82) is 5.26 Å². The highest BCUT2D eigenvalue weighted by Crippen LogP contribution is 2.02. The molecule has 0 aromatic heterocycles. The van der Waals surface area contributed by atoms with Crippen LogP contribution in [0.4, 0.5) is 0 Å². The molecular formula is C14H30N4. The van der Waals surface area contributed by atoms with Crippen LogP contribution in [0.5, 0.6) is 0 Å². The van der Waals surface area contributed by atoms with Crippen molar-refractivity contribution in [2.24, 2.45) is 5.92 Å². The first-order chi connectivity index (χ1) is 8.49. The Morgan fingerprint density at radius 2 is 1.83 bits per heavy atom.